The van der Waals surface area contributed by atoms with Crippen molar-refractivity contribution in [3.05, 3.63) is 53.1 Å². The van der Waals surface area contributed by atoms with Gasteiger partial charge in [-0.3, -0.25) is 4.68 Å². The average Bonchev–Trinajstić information content (AvgIpc) is 2.68. The summed E-state index contributed by atoms with van der Waals surface area (Å²) in [5.74, 6) is -0.458. The van der Waals surface area contributed by atoms with E-state index in [1.807, 2.05) is 19.1 Å². The van der Waals surface area contributed by atoms with Gasteiger partial charge >= 0.3 is 0 Å². The third-order valence-electron chi connectivity index (χ3n) is 2.45. The van der Waals surface area contributed by atoms with Gasteiger partial charge in [0.05, 0.1) is 12.1 Å². The van der Waals surface area contributed by atoms with Gasteiger partial charge in [-0.05, 0) is 19.1 Å². The molecule has 2 rings (SSSR count). The van der Waals surface area contributed by atoms with Gasteiger partial charge in [-0.2, -0.15) is 10.4 Å². The number of nitrogens with zero attached hydrogens (tertiary/aromatic N) is 3. The van der Waals surface area contributed by atoms with Crippen molar-refractivity contribution < 1.29 is 4.39 Å². The van der Waals surface area contributed by atoms with Crippen LogP contribution < -0.4 is 0 Å². The lowest BCUT2D eigenvalue weighted by atomic mass is 10.1. The lowest BCUT2D eigenvalue weighted by Crippen LogP contribution is -2.06. The quantitative estimate of drug-likeness (QED) is 0.771. The van der Waals surface area contributed by atoms with E-state index in [9.17, 15) is 4.39 Å². The Labute approximate surface area is 92.7 Å². The van der Waals surface area contributed by atoms with Crippen molar-refractivity contribution in [3.8, 4) is 6.07 Å². The molecule has 0 aliphatic heterocycles. The van der Waals surface area contributed by atoms with Gasteiger partial charge < -0.3 is 0 Å². The highest BCUT2D eigenvalue weighted by molar-refractivity contribution is 5.35. The summed E-state index contributed by atoms with van der Waals surface area (Å²) in [5, 5.41) is 12.8. The smallest absolute Gasteiger partial charge is 0.146 e. The molecular formula is C12H10FN3. The lowest BCUT2D eigenvalue weighted by Gasteiger charge is -2.06. The van der Waals surface area contributed by atoms with Crippen molar-refractivity contribution in [2.24, 2.45) is 0 Å². The minimum atomic E-state index is -0.458. The van der Waals surface area contributed by atoms with Crippen LogP contribution in [0.25, 0.3) is 0 Å². The molecular weight excluding hydrogens is 205 g/mol. The number of aryl methyl sites for hydroxylation is 1. The van der Waals surface area contributed by atoms with Gasteiger partial charge in [-0.15, -0.1) is 0 Å². The Morgan fingerprint density at radius 1 is 1.44 bits per heavy atom. The highest BCUT2D eigenvalue weighted by Gasteiger charge is 2.08. The van der Waals surface area contributed by atoms with Crippen LogP contribution in [-0.4, -0.2) is 9.78 Å². The summed E-state index contributed by atoms with van der Waals surface area (Å²) in [7, 11) is 0. The lowest BCUT2D eigenvalue weighted by molar-refractivity contribution is 0.577. The Balaban J connectivity index is 2.36. The van der Waals surface area contributed by atoms with Crippen LogP contribution in [0, 0.1) is 24.1 Å². The van der Waals surface area contributed by atoms with E-state index in [0.717, 1.165) is 5.69 Å². The number of benzene rings is 1. The molecule has 1 aromatic heterocycles. The molecule has 4 heteroatoms. The van der Waals surface area contributed by atoms with Crippen molar-refractivity contribution in [1.82, 2.24) is 9.78 Å². The molecule has 0 N–H and O–H groups in total. The zero-order valence-corrected chi connectivity index (χ0v) is 8.81. The van der Waals surface area contributed by atoms with Crippen LogP contribution in [0.15, 0.2) is 30.5 Å². The van der Waals surface area contributed by atoms with Crippen molar-refractivity contribution in [2.75, 3.05) is 0 Å². The van der Waals surface area contributed by atoms with Crippen molar-refractivity contribution in [3.63, 3.8) is 0 Å². The van der Waals surface area contributed by atoms with Gasteiger partial charge in [-0.25, -0.2) is 4.39 Å². The van der Waals surface area contributed by atoms with Crippen LogP contribution in [0.1, 0.15) is 16.8 Å². The van der Waals surface area contributed by atoms with E-state index in [1.165, 1.54) is 6.07 Å². The van der Waals surface area contributed by atoms with Crippen LogP contribution >= 0.6 is 0 Å². The molecule has 1 heterocycles. The van der Waals surface area contributed by atoms with E-state index in [4.69, 9.17) is 5.26 Å². The highest BCUT2D eigenvalue weighted by atomic mass is 19.1. The second-order valence-corrected chi connectivity index (χ2v) is 3.52. The van der Waals surface area contributed by atoms with Gasteiger partial charge in [0.1, 0.15) is 11.9 Å². The van der Waals surface area contributed by atoms with E-state index < -0.39 is 5.82 Å². The zero-order valence-electron chi connectivity index (χ0n) is 8.81. The molecule has 0 amide bonds. The average molecular weight is 215 g/mol. The van der Waals surface area contributed by atoms with E-state index >= 15 is 0 Å². The van der Waals surface area contributed by atoms with Crippen molar-refractivity contribution in [1.29, 1.82) is 5.26 Å². The van der Waals surface area contributed by atoms with E-state index in [0.29, 0.717) is 12.1 Å². The first-order valence-electron chi connectivity index (χ1n) is 4.88. The van der Waals surface area contributed by atoms with Crippen LogP contribution in [0.5, 0.6) is 0 Å². The first kappa shape index (κ1) is 10.4. The molecule has 0 saturated carbocycles. The van der Waals surface area contributed by atoms with Crippen molar-refractivity contribution in [2.45, 2.75) is 13.5 Å². The summed E-state index contributed by atoms with van der Waals surface area (Å²) >= 11 is 0. The number of halogens is 1. The zero-order chi connectivity index (χ0) is 11.5. The standard InChI is InChI=1S/C12H10FN3/c1-9-5-6-15-16(9)8-11-4-2-3-10(7-14)12(11)13/h2-6H,8H2,1H3. The largest absolute Gasteiger partial charge is 0.265 e. The molecule has 0 fully saturated rings. The van der Waals surface area contributed by atoms with Gasteiger partial charge in [0, 0.05) is 17.5 Å². The molecule has 0 aliphatic rings. The maximum atomic E-state index is 13.7. The molecule has 16 heavy (non-hydrogen) atoms. The summed E-state index contributed by atoms with van der Waals surface area (Å²) in [4.78, 5) is 0. The molecule has 0 aliphatic carbocycles. The monoisotopic (exact) mass is 215 g/mol. The SMILES string of the molecule is Cc1ccnn1Cc1cccc(C#N)c1F. The van der Waals surface area contributed by atoms with Crippen LogP contribution in [-0.2, 0) is 6.54 Å². The van der Waals surface area contributed by atoms with Crippen LogP contribution in [0.4, 0.5) is 4.39 Å². The summed E-state index contributed by atoms with van der Waals surface area (Å²) in [6, 6.07) is 8.49. The third kappa shape index (κ3) is 1.80. The summed E-state index contributed by atoms with van der Waals surface area (Å²) < 4.78 is 15.4. The number of rotatable bonds is 2. The first-order valence-corrected chi connectivity index (χ1v) is 4.88. The van der Waals surface area contributed by atoms with Crippen LogP contribution in [0.3, 0.4) is 0 Å². The van der Waals surface area contributed by atoms with E-state index in [-0.39, 0.29) is 5.56 Å². The Hall–Kier alpha value is -2.15. The Kier molecular flexibility index (Phi) is 2.69. The van der Waals surface area contributed by atoms with Gasteiger partial charge in [0.15, 0.2) is 0 Å². The summed E-state index contributed by atoms with van der Waals surface area (Å²) in [6.07, 6.45) is 1.67. The molecule has 0 unspecified atom stereocenters. The fourth-order valence-electron chi connectivity index (χ4n) is 1.51. The molecule has 3 nitrogen and oxygen atoms in total. The van der Waals surface area contributed by atoms with E-state index in [2.05, 4.69) is 5.10 Å². The van der Waals surface area contributed by atoms with Crippen LogP contribution in [0.2, 0.25) is 0 Å². The predicted molar refractivity (Wildman–Crippen MR) is 57.2 cm³/mol. The topological polar surface area (TPSA) is 41.6 Å². The summed E-state index contributed by atoms with van der Waals surface area (Å²) in [5.41, 5.74) is 1.51. The second-order valence-electron chi connectivity index (χ2n) is 3.52. The number of hydrogen-bond acceptors (Lipinski definition) is 2. The van der Waals surface area contributed by atoms with Gasteiger partial charge in [0.2, 0.25) is 0 Å². The fraction of sp³-hybridized carbons (Fsp3) is 0.167. The molecule has 2 aromatic rings. The Morgan fingerprint density at radius 2 is 2.25 bits per heavy atom. The first-order chi connectivity index (χ1) is 7.72. The number of aromatic nitrogens is 2. The molecule has 0 saturated heterocycles. The molecule has 80 valence electrons. The maximum Gasteiger partial charge on any atom is 0.146 e. The van der Waals surface area contributed by atoms with Crippen molar-refractivity contribution >= 4 is 0 Å². The number of hydrogen-bond donors (Lipinski definition) is 0. The molecule has 0 bridgehead atoms. The number of nitriles is 1. The summed E-state index contributed by atoms with van der Waals surface area (Å²) in [6.45, 7) is 2.25. The maximum absolute atomic E-state index is 13.7. The highest BCUT2D eigenvalue weighted by Crippen LogP contribution is 2.13. The fourth-order valence-corrected chi connectivity index (χ4v) is 1.51. The Morgan fingerprint density at radius 3 is 2.88 bits per heavy atom. The molecule has 1 aromatic carbocycles. The van der Waals surface area contributed by atoms with Gasteiger partial charge in [-0.1, -0.05) is 12.1 Å². The second kappa shape index (κ2) is 4.15. The Bertz CT molecular complexity index is 552. The minimum Gasteiger partial charge on any atom is -0.265 e. The normalized spacial score (nSPS) is 10.1. The third-order valence-corrected chi connectivity index (χ3v) is 2.45. The molecule has 0 radical (unpaired) electrons. The predicted octanol–water partition coefficient (Wildman–Crippen LogP) is 2.25. The molecule has 0 atom stereocenters. The van der Waals surface area contributed by atoms with E-state index in [1.54, 1.807) is 23.0 Å². The minimum absolute atomic E-state index is 0.0716. The molecule has 0 spiro atoms. The van der Waals surface area contributed by atoms with Gasteiger partial charge in [0.25, 0.3) is 0 Å².